The number of nitrogens with zero attached hydrogens (tertiary/aromatic N) is 1. The third-order valence-electron chi connectivity index (χ3n) is 5.80. The van der Waals surface area contributed by atoms with Gasteiger partial charge in [0.2, 0.25) is 15.9 Å². The van der Waals surface area contributed by atoms with E-state index < -0.39 is 16.1 Å². The molecule has 2 amide bonds. The van der Waals surface area contributed by atoms with Gasteiger partial charge in [-0.05, 0) is 62.1 Å². The highest BCUT2D eigenvalue weighted by molar-refractivity contribution is 7.89. The summed E-state index contributed by atoms with van der Waals surface area (Å²) in [6.07, 6.45) is 1.01. The Morgan fingerprint density at radius 2 is 1.58 bits per heavy atom. The molecular weight excluding hydrogens is 462 g/mol. The number of benzene rings is 2. The highest BCUT2D eigenvalue weighted by Gasteiger charge is 2.32. The van der Waals surface area contributed by atoms with Crippen molar-refractivity contribution in [1.82, 2.24) is 14.9 Å². The first-order valence-corrected chi connectivity index (χ1v) is 12.8. The molecule has 0 saturated carbocycles. The molecule has 1 aliphatic heterocycles. The van der Waals surface area contributed by atoms with Crippen molar-refractivity contribution in [3.63, 3.8) is 0 Å². The lowest BCUT2D eigenvalue weighted by Gasteiger charge is -2.33. The van der Waals surface area contributed by atoms with Gasteiger partial charge >= 0.3 is 0 Å². The molecule has 1 heterocycles. The summed E-state index contributed by atoms with van der Waals surface area (Å²) in [5, 5.41) is 6.32. The van der Waals surface area contributed by atoms with Gasteiger partial charge < -0.3 is 10.6 Å². The average Bonchev–Trinajstić information content (AvgIpc) is 2.78. The van der Waals surface area contributed by atoms with Crippen LogP contribution in [0.15, 0.2) is 53.4 Å². The first kappa shape index (κ1) is 25.2. The molecule has 0 aromatic heterocycles. The molecule has 33 heavy (non-hydrogen) atoms. The van der Waals surface area contributed by atoms with Gasteiger partial charge in [0, 0.05) is 29.7 Å². The van der Waals surface area contributed by atoms with E-state index in [1.54, 1.807) is 48.5 Å². The van der Waals surface area contributed by atoms with Gasteiger partial charge in [0.15, 0.2) is 0 Å². The molecular formula is C24H30ClN3O4S. The van der Waals surface area contributed by atoms with Gasteiger partial charge in [0.1, 0.15) is 6.04 Å². The summed E-state index contributed by atoms with van der Waals surface area (Å²) in [5.41, 5.74) is 1.42. The molecule has 0 spiro atoms. The Kier molecular flexibility index (Phi) is 8.15. The maximum atomic E-state index is 12.9. The molecule has 2 N–H and O–H groups in total. The van der Waals surface area contributed by atoms with Crippen LogP contribution in [-0.2, 0) is 14.8 Å². The fourth-order valence-electron chi connectivity index (χ4n) is 3.75. The number of aryl methyl sites for hydroxylation is 1. The Morgan fingerprint density at radius 1 is 1.00 bits per heavy atom. The lowest BCUT2D eigenvalue weighted by molar-refractivity contribution is -0.124. The molecule has 7 nitrogen and oxygen atoms in total. The summed E-state index contributed by atoms with van der Waals surface area (Å²) in [5.74, 6) is -0.741. The predicted molar refractivity (Wildman–Crippen MR) is 129 cm³/mol. The molecule has 9 heteroatoms. The number of hydrogen-bond donors (Lipinski definition) is 2. The summed E-state index contributed by atoms with van der Waals surface area (Å²) >= 11 is 5.87. The summed E-state index contributed by atoms with van der Waals surface area (Å²) in [7, 11) is -3.56. The molecule has 1 atom stereocenters. The zero-order valence-electron chi connectivity index (χ0n) is 19.0. The number of halogens is 1. The molecule has 3 rings (SSSR count). The standard InChI is InChI=1S/C24H30ClN3O4S/c1-16(2)22(27-23(29)18-6-8-19(25)9-7-18)24(30)26-20-12-14-28(15-13-20)33(31,32)21-10-4-17(3)5-11-21/h4-11,16,20,22H,12-15H2,1-3H3,(H,26,30)(H,27,29). The van der Waals surface area contributed by atoms with Gasteiger partial charge in [-0.1, -0.05) is 43.1 Å². The highest BCUT2D eigenvalue weighted by atomic mass is 35.5. The Hall–Kier alpha value is -2.42. The fraction of sp³-hybridized carbons (Fsp3) is 0.417. The third kappa shape index (κ3) is 6.34. The van der Waals surface area contributed by atoms with E-state index in [4.69, 9.17) is 11.6 Å². The van der Waals surface area contributed by atoms with E-state index in [0.29, 0.717) is 36.5 Å². The Balaban J connectivity index is 1.57. The molecule has 0 aliphatic carbocycles. The Bertz CT molecular complexity index is 1080. The smallest absolute Gasteiger partial charge is 0.251 e. The highest BCUT2D eigenvalue weighted by Crippen LogP contribution is 2.21. The predicted octanol–water partition coefficient (Wildman–Crippen LogP) is 3.37. The normalized spacial score (nSPS) is 16.4. The molecule has 1 fully saturated rings. The number of amides is 2. The van der Waals surface area contributed by atoms with E-state index in [2.05, 4.69) is 10.6 Å². The maximum absolute atomic E-state index is 12.9. The van der Waals surface area contributed by atoms with Crippen molar-refractivity contribution in [3.05, 3.63) is 64.7 Å². The second-order valence-corrected chi connectivity index (χ2v) is 11.1. The van der Waals surface area contributed by atoms with Gasteiger partial charge in [-0.3, -0.25) is 9.59 Å². The molecule has 1 saturated heterocycles. The largest absolute Gasteiger partial charge is 0.351 e. The van der Waals surface area contributed by atoms with Crippen molar-refractivity contribution in [2.75, 3.05) is 13.1 Å². The molecule has 2 aromatic carbocycles. The molecule has 178 valence electrons. The van der Waals surface area contributed by atoms with Gasteiger partial charge in [-0.25, -0.2) is 8.42 Å². The minimum absolute atomic E-state index is 0.122. The summed E-state index contributed by atoms with van der Waals surface area (Å²) in [6, 6.07) is 12.4. The topological polar surface area (TPSA) is 95.6 Å². The van der Waals surface area contributed by atoms with Crippen LogP contribution in [-0.4, -0.2) is 49.7 Å². The van der Waals surface area contributed by atoms with Crippen molar-refractivity contribution in [3.8, 4) is 0 Å². The van der Waals surface area contributed by atoms with Crippen LogP contribution in [0.25, 0.3) is 0 Å². The van der Waals surface area contributed by atoms with Crippen LogP contribution in [0, 0.1) is 12.8 Å². The monoisotopic (exact) mass is 491 g/mol. The third-order valence-corrected chi connectivity index (χ3v) is 7.97. The van der Waals surface area contributed by atoms with Crippen molar-refractivity contribution < 1.29 is 18.0 Å². The summed E-state index contributed by atoms with van der Waals surface area (Å²) in [4.78, 5) is 25.8. The van der Waals surface area contributed by atoms with Crippen LogP contribution in [0.5, 0.6) is 0 Å². The quantitative estimate of drug-likeness (QED) is 0.620. The van der Waals surface area contributed by atoms with Gasteiger partial charge in [0.25, 0.3) is 5.91 Å². The van der Waals surface area contributed by atoms with Gasteiger partial charge in [-0.15, -0.1) is 0 Å². The average molecular weight is 492 g/mol. The summed E-state index contributed by atoms with van der Waals surface area (Å²) < 4.78 is 27.2. The van der Waals surface area contributed by atoms with Crippen LogP contribution in [0.3, 0.4) is 0 Å². The Morgan fingerprint density at radius 3 is 2.12 bits per heavy atom. The van der Waals surface area contributed by atoms with Crippen molar-refractivity contribution in [2.45, 2.75) is 50.6 Å². The van der Waals surface area contributed by atoms with Crippen LogP contribution < -0.4 is 10.6 Å². The van der Waals surface area contributed by atoms with E-state index in [-0.39, 0.29) is 28.7 Å². The minimum Gasteiger partial charge on any atom is -0.351 e. The second-order valence-electron chi connectivity index (χ2n) is 8.70. The number of rotatable bonds is 7. The second kappa shape index (κ2) is 10.7. The van der Waals surface area contributed by atoms with Crippen LogP contribution >= 0.6 is 11.6 Å². The maximum Gasteiger partial charge on any atom is 0.251 e. The zero-order chi connectivity index (χ0) is 24.2. The lowest BCUT2D eigenvalue weighted by Crippen LogP contribution is -2.54. The molecule has 0 bridgehead atoms. The van der Waals surface area contributed by atoms with Gasteiger partial charge in [0.05, 0.1) is 4.90 Å². The number of sulfonamides is 1. The van der Waals surface area contributed by atoms with Crippen molar-refractivity contribution in [2.24, 2.45) is 5.92 Å². The first-order valence-electron chi connectivity index (χ1n) is 11.0. The number of hydrogen-bond acceptors (Lipinski definition) is 4. The van der Waals surface area contributed by atoms with E-state index >= 15 is 0 Å². The fourth-order valence-corrected chi connectivity index (χ4v) is 5.35. The summed E-state index contributed by atoms with van der Waals surface area (Å²) in [6.45, 7) is 6.29. The van der Waals surface area contributed by atoms with Crippen LogP contribution in [0.1, 0.15) is 42.6 Å². The van der Waals surface area contributed by atoms with Crippen LogP contribution in [0.4, 0.5) is 0 Å². The molecule has 2 aromatic rings. The SMILES string of the molecule is Cc1ccc(S(=O)(=O)N2CCC(NC(=O)C(NC(=O)c3ccc(Cl)cc3)C(C)C)CC2)cc1. The zero-order valence-corrected chi connectivity index (χ0v) is 20.6. The van der Waals surface area contributed by atoms with Gasteiger partial charge in [-0.2, -0.15) is 4.31 Å². The van der Waals surface area contributed by atoms with E-state index in [0.717, 1.165) is 5.56 Å². The van der Waals surface area contributed by atoms with Crippen LogP contribution in [0.2, 0.25) is 5.02 Å². The lowest BCUT2D eigenvalue weighted by atomic mass is 10.0. The number of carbonyl (C=O) groups is 2. The minimum atomic E-state index is -3.56. The molecule has 1 aliphatic rings. The van der Waals surface area contributed by atoms with E-state index in [9.17, 15) is 18.0 Å². The van der Waals surface area contributed by atoms with Crippen molar-refractivity contribution >= 4 is 33.4 Å². The number of nitrogens with one attached hydrogen (secondary N) is 2. The van der Waals surface area contributed by atoms with E-state index in [1.165, 1.54) is 4.31 Å². The van der Waals surface area contributed by atoms with E-state index in [1.807, 2.05) is 20.8 Å². The number of piperidine rings is 1. The first-order chi connectivity index (χ1) is 15.6. The Labute approximate surface area is 200 Å². The molecule has 1 unspecified atom stereocenters. The number of carbonyl (C=O) groups excluding carboxylic acids is 2. The van der Waals surface area contributed by atoms with Crippen molar-refractivity contribution in [1.29, 1.82) is 0 Å². The molecule has 0 radical (unpaired) electrons.